The molecule has 0 saturated carbocycles. The molecule has 1 N–H and O–H groups in total. The maximum atomic E-state index is 12.5. The Morgan fingerprint density at radius 1 is 1.12 bits per heavy atom. The third-order valence-electron chi connectivity index (χ3n) is 3.30. The number of benzene rings is 2. The van der Waals surface area contributed by atoms with Gasteiger partial charge in [-0.15, -0.1) is 0 Å². The number of amides is 1. The molecule has 1 heterocycles. The van der Waals surface area contributed by atoms with E-state index in [4.69, 9.17) is 35.4 Å². The quantitative estimate of drug-likeness (QED) is 0.444. The summed E-state index contributed by atoms with van der Waals surface area (Å²) in [5.41, 5.74) is 1.03. The van der Waals surface area contributed by atoms with Crippen molar-refractivity contribution in [2.45, 2.75) is 0 Å². The van der Waals surface area contributed by atoms with Crippen molar-refractivity contribution in [3.05, 3.63) is 68.5 Å². The van der Waals surface area contributed by atoms with Gasteiger partial charge in [-0.3, -0.25) is 4.79 Å². The van der Waals surface area contributed by atoms with Crippen molar-refractivity contribution in [2.75, 3.05) is 0 Å². The van der Waals surface area contributed by atoms with Crippen LogP contribution in [-0.4, -0.2) is 26.6 Å². The highest BCUT2D eigenvalue weighted by atomic mass is 35.5. The number of hydrogen-bond donors (Lipinski definition) is 1. The first-order valence-electron chi connectivity index (χ1n) is 7.01. The van der Waals surface area contributed by atoms with E-state index in [9.17, 15) is 9.90 Å². The lowest BCUT2D eigenvalue weighted by Crippen LogP contribution is -2.22. The summed E-state index contributed by atoms with van der Waals surface area (Å²) in [6, 6.07) is 11.8. The number of nitrogens with zero attached hydrogens (tertiary/aromatic N) is 2. The molecule has 0 aromatic heterocycles. The number of carbonyl (C=O) groups is 1. The van der Waals surface area contributed by atoms with Crippen LogP contribution in [0, 0.1) is 0 Å². The third kappa shape index (κ3) is 3.88. The Hall–Kier alpha value is -1.86. The lowest BCUT2D eigenvalue weighted by atomic mass is 10.2. The van der Waals surface area contributed by atoms with Crippen LogP contribution in [0.15, 0.2) is 52.5 Å². The Labute approximate surface area is 163 Å². The molecule has 0 spiro atoms. The summed E-state index contributed by atoms with van der Waals surface area (Å²) >= 11 is 18.6. The number of carbonyl (C=O) groups excluding carboxylic acids is 1. The van der Waals surface area contributed by atoms with Crippen molar-refractivity contribution in [2.24, 2.45) is 5.10 Å². The van der Waals surface area contributed by atoms with Gasteiger partial charge in [0.05, 0.1) is 11.1 Å². The van der Waals surface area contributed by atoms with E-state index in [0.29, 0.717) is 26.1 Å². The summed E-state index contributed by atoms with van der Waals surface area (Å²) in [7, 11) is 0. The minimum atomic E-state index is -0.377. The first-order valence-corrected chi connectivity index (χ1v) is 8.99. The lowest BCUT2D eigenvalue weighted by molar-refractivity contribution is -0.122. The second-order valence-electron chi connectivity index (χ2n) is 4.93. The molecular formula is C17H10Cl2N2O2S2. The van der Waals surface area contributed by atoms with Crippen molar-refractivity contribution < 1.29 is 9.90 Å². The van der Waals surface area contributed by atoms with Crippen LogP contribution in [0.3, 0.4) is 0 Å². The molecule has 25 heavy (non-hydrogen) atoms. The minimum Gasteiger partial charge on any atom is -0.507 e. The van der Waals surface area contributed by atoms with Crippen LogP contribution in [0.25, 0.3) is 6.08 Å². The van der Waals surface area contributed by atoms with Gasteiger partial charge in [0.15, 0.2) is 4.32 Å². The maximum Gasteiger partial charge on any atom is 0.286 e. The first-order chi connectivity index (χ1) is 12.0. The van der Waals surface area contributed by atoms with E-state index in [0.717, 1.165) is 16.8 Å². The number of thioether (sulfide) groups is 1. The Bertz CT molecular complexity index is 908. The number of para-hydroxylation sites is 1. The predicted octanol–water partition coefficient (Wildman–Crippen LogP) is 4.93. The molecule has 4 nitrogen and oxygen atoms in total. The van der Waals surface area contributed by atoms with E-state index in [1.165, 1.54) is 12.3 Å². The molecule has 0 bridgehead atoms. The third-order valence-corrected chi connectivity index (χ3v) is 5.24. The van der Waals surface area contributed by atoms with Gasteiger partial charge in [0.1, 0.15) is 5.75 Å². The Kier molecular flexibility index (Phi) is 5.44. The summed E-state index contributed by atoms with van der Waals surface area (Å²) in [5.74, 6) is -0.312. The van der Waals surface area contributed by atoms with Crippen LogP contribution in [-0.2, 0) is 4.79 Å². The fraction of sp³-hybridized carbons (Fsp3) is 0. The molecule has 2 aromatic rings. The van der Waals surface area contributed by atoms with E-state index in [1.807, 2.05) is 0 Å². The topological polar surface area (TPSA) is 52.9 Å². The van der Waals surface area contributed by atoms with Crippen LogP contribution in [0.2, 0.25) is 10.0 Å². The normalized spacial score (nSPS) is 16.4. The average molecular weight is 409 g/mol. The molecule has 1 aliphatic rings. The number of thiocarbonyl (C=S) groups is 1. The fourth-order valence-electron chi connectivity index (χ4n) is 2.06. The van der Waals surface area contributed by atoms with Crippen molar-refractivity contribution >= 4 is 69.7 Å². The number of hydrogen-bond acceptors (Lipinski definition) is 5. The Balaban J connectivity index is 1.88. The van der Waals surface area contributed by atoms with Crippen LogP contribution in [0.4, 0.5) is 0 Å². The van der Waals surface area contributed by atoms with Crippen molar-refractivity contribution in [1.82, 2.24) is 5.01 Å². The van der Waals surface area contributed by atoms with Crippen LogP contribution < -0.4 is 0 Å². The summed E-state index contributed by atoms with van der Waals surface area (Å²) < 4.78 is 0.283. The predicted molar refractivity (Wildman–Crippen MR) is 107 cm³/mol. The molecule has 8 heteroatoms. The highest BCUT2D eigenvalue weighted by Crippen LogP contribution is 2.35. The summed E-state index contributed by atoms with van der Waals surface area (Å²) in [5, 5.41) is 15.8. The number of hydrazone groups is 1. The maximum absolute atomic E-state index is 12.5. The molecule has 1 fully saturated rings. The SMILES string of the molecule is O=C1/C(=C\c2c(Cl)cccc2Cl)SC(=S)N1/N=C/c1ccccc1O. The highest BCUT2D eigenvalue weighted by Gasteiger charge is 2.32. The second-order valence-corrected chi connectivity index (χ2v) is 7.42. The molecule has 3 rings (SSSR count). The van der Waals surface area contributed by atoms with Gasteiger partial charge in [-0.25, -0.2) is 0 Å². The molecule has 0 radical (unpaired) electrons. The molecule has 2 aromatic carbocycles. The van der Waals surface area contributed by atoms with Gasteiger partial charge >= 0.3 is 0 Å². The molecule has 0 unspecified atom stereocenters. The van der Waals surface area contributed by atoms with Crippen molar-refractivity contribution in [3.63, 3.8) is 0 Å². The standard InChI is InChI=1S/C17H10Cl2N2O2S2/c18-12-5-3-6-13(19)11(12)8-15-16(23)21(17(24)25-15)20-9-10-4-1-2-7-14(10)22/h1-9,22H/b15-8+,20-9+. The van der Waals surface area contributed by atoms with Gasteiger partial charge in [-0.05, 0) is 42.6 Å². The first kappa shape index (κ1) is 17.9. The molecule has 0 aliphatic carbocycles. The van der Waals surface area contributed by atoms with Crippen LogP contribution in [0.5, 0.6) is 5.75 Å². The monoisotopic (exact) mass is 408 g/mol. The van der Waals surface area contributed by atoms with E-state index >= 15 is 0 Å². The van der Waals surface area contributed by atoms with Crippen LogP contribution >= 0.6 is 47.2 Å². The van der Waals surface area contributed by atoms with Gasteiger partial charge in [-0.1, -0.05) is 53.2 Å². The van der Waals surface area contributed by atoms with E-state index in [1.54, 1.807) is 42.5 Å². The van der Waals surface area contributed by atoms with Gasteiger partial charge in [0, 0.05) is 21.2 Å². The lowest BCUT2D eigenvalue weighted by Gasteiger charge is -2.06. The summed E-state index contributed by atoms with van der Waals surface area (Å²) in [4.78, 5) is 12.9. The summed E-state index contributed by atoms with van der Waals surface area (Å²) in [6.45, 7) is 0. The largest absolute Gasteiger partial charge is 0.507 e. The number of aromatic hydroxyl groups is 1. The van der Waals surface area contributed by atoms with E-state index in [2.05, 4.69) is 5.10 Å². The molecule has 1 aliphatic heterocycles. The smallest absolute Gasteiger partial charge is 0.286 e. The Morgan fingerprint density at radius 2 is 1.80 bits per heavy atom. The zero-order valence-electron chi connectivity index (χ0n) is 12.5. The fourth-order valence-corrected chi connectivity index (χ4v) is 3.72. The van der Waals surface area contributed by atoms with Gasteiger partial charge in [-0.2, -0.15) is 10.1 Å². The Morgan fingerprint density at radius 3 is 2.48 bits per heavy atom. The van der Waals surface area contributed by atoms with E-state index < -0.39 is 0 Å². The van der Waals surface area contributed by atoms with Gasteiger partial charge < -0.3 is 5.11 Å². The molecule has 1 saturated heterocycles. The number of phenols is 1. The molecular weight excluding hydrogens is 399 g/mol. The van der Waals surface area contributed by atoms with E-state index in [-0.39, 0.29) is 16.0 Å². The van der Waals surface area contributed by atoms with Gasteiger partial charge in [0.2, 0.25) is 0 Å². The second kappa shape index (κ2) is 7.58. The average Bonchev–Trinajstić information content (AvgIpc) is 2.84. The molecule has 1 amide bonds. The van der Waals surface area contributed by atoms with Crippen molar-refractivity contribution in [1.29, 1.82) is 0 Å². The number of halogens is 2. The summed E-state index contributed by atoms with van der Waals surface area (Å²) in [6.07, 6.45) is 2.98. The van der Waals surface area contributed by atoms with Crippen molar-refractivity contribution in [3.8, 4) is 5.75 Å². The molecule has 126 valence electrons. The minimum absolute atomic E-state index is 0.0649. The highest BCUT2D eigenvalue weighted by molar-refractivity contribution is 8.26. The van der Waals surface area contributed by atoms with Gasteiger partial charge in [0.25, 0.3) is 5.91 Å². The number of phenolic OH excluding ortho intramolecular Hbond substituents is 1. The zero-order chi connectivity index (χ0) is 18.0. The molecule has 0 atom stereocenters. The van der Waals surface area contributed by atoms with Crippen LogP contribution in [0.1, 0.15) is 11.1 Å². The number of rotatable bonds is 3. The zero-order valence-corrected chi connectivity index (χ0v) is 15.7.